The van der Waals surface area contributed by atoms with Crippen LogP contribution in [-0.4, -0.2) is 40.6 Å². The minimum absolute atomic E-state index is 0.0426. The standard InChI is InChI=1S/C29H27F3N6O3/c1-39-22-8-6-20(7-9-22)17-40-18-26-36-37-27(41-26)24-10-11-25(35-34-24)38-14-12-28(19-33,13-15-38)16-21-4-2-3-5-23(21)29(30,31)32/h2-11H,12-18H2,1H3. The lowest BCUT2D eigenvalue weighted by atomic mass is 9.74. The van der Waals surface area contributed by atoms with Gasteiger partial charge in [-0.3, -0.25) is 0 Å². The van der Waals surface area contributed by atoms with Crippen molar-refractivity contribution in [2.24, 2.45) is 5.41 Å². The number of nitrogens with zero attached hydrogens (tertiary/aromatic N) is 6. The Balaban J connectivity index is 1.16. The number of methoxy groups -OCH3 is 1. The molecule has 0 atom stereocenters. The van der Waals surface area contributed by atoms with Gasteiger partial charge >= 0.3 is 6.18 Å². The van der Waals surface area contributed by atoms with Crippen LogP contribution < -0.4 is 9.64 Å². The molecule has 4 aromatic rings. The van der Waals surface area contributed by atoms with E-state index in [0.717, 1.165) is 17.4 Å². The van der Waals surface area contributed by atoms with Gasteiger partial charge in [0.1, 0.15) is 18.1 Å². The molecule has 1 fully saturated rings. The molecule has 12 heteroatoms. The fourth-order valence-electron chi connectivity index (χ4n) is 4.81. The maximum atomic E-state index is 13.5. The Morgan fingerprint density at radius 1 is 0.951 bits per heavy atom. The number of piperidine rings is 1. The van der Waals surface area contributed by atoms with Gasteiger partial charge in [-0.05, 0) is 60.7 Å². The van der Waals surface area contributed by atoms with Gasteiger partial charge in [0.25, 0.3) is 5.89 Å². The zero-order valence-corrected chi connectivity index (χ0v) is 22.3. The second-order valence-corrected chi connectivity index (χ2v) is 9.83. The predicted octanol–water partition coefficient (Wildman–Crippen LogP) is 5.62. The minimum atomic E-state index is -4.46. The molecule has 0 amide bonds. The van der Waals surface area contributed by atoms with Crippen LogP contribution in [0, 0.1) is 16.7 Å². The summed E-state index contributed by atoms with van der Waals surface area (Å²) < 4.78 is 56.9. The summed E-state index contributed by atoms with van der Waals surface area (Å²) in [7, 11) is 1.61. The van der Waals surface area contributed by atoms with Crippen molar-refractivity contribution in [3.63, 3.8) is 0 Å². The molecule has 212 valence electrons. The second-order valence-electron chi connectivity index (χ2n) is 9.83. The molecule has 1 saturated heterocycles. The summed E-state index contributed by atoms with van der Waals surface area (Å²) >= 11 is 0. The molecule has 41 heavy (non-hydrogen) atoms. The van der Waals surface area contributed by atoms with Gasteiger partial charge in [-0.15, -0.1) is 20.4 Å². The quantitative estimate of drug-likeness (QED) is 0.256. The Hall–Kier alpha value is -4.50. The van der Waals surface area contributed by atoms with Crippen molar-refractivity contribution in [3.8, 4) is 23.4 Å². The Labute approximate surface area is 234 Å². The van der Waals surface area contributed by atoms with Crippen LogP contribution in [0.4, 0.5) is 19.0 Å². The Morgan fingerprint density at radius 3 is 2.37 bits per heavy atom. The van der Waals surface area contributed by atoms with E-state index in [1.807, 2.05) is 29.2 Å². The average Bonchev–Trinajstić information content (AvgIpc) is 3.47. The molecule has 0 spiro atoms. The SMILES string of the molecule is COc1ccc(COCc2nnc(-c3ccc(N4CCC(C#N)(Cc5ccccc5C(F)(F)F)CC4)nn3)o2)cc1. The molecule has 5 rings (SSSR count). The molecule has 2 aromatic heterocycles. The maximum absolute atomic E-state index is 13.5. The number of ether oxygens (including phenoxy) is 2. The largest absolute Gasteiger partial charge is 0.497 e. The van der Waals surface area contributed by atoms with Crippen LogP contribution in [0.25, 0.3) is 11.6 Å². The number of alkyl halides is 3. The summed E-state index contributed by atoms with van der Waals surface area (Å²) in [6.07, 6.45) is -3.61. The topological polar surface area (TPSA) is 110 Å². The van der Waals surface area contributed by atoms with Crippen LogP contribution in [0.5, 0.6) is 5.75 Å². The number of nitriles is 1. The van der Waals surface area contributed by atoms with E-state index in [-0.39, 0.29) is 24.5 Å². The van der Waals surface area contributed by atoms with Crippen LogP contribution in [0.2, 0.25) is 0 Å². The first-order valence-electron chi connectivity index (χ1n) is 13.0. The summed E-state index contributed by atoms with van der Waals surface area (Å²) in [4.78, 5) is 1.97. The van der Waals surface area contributed by atoms with Gasteiger partial charge in [-0.2, -0.15) is 18.4 Å². The van der Waals surface area contributed by atoms with Crippen molar-refractivity contribution in [2.75, 3.05) is 25.1 Å². The molecular weight excluding hydrogens is 537 g/mol. The lowest BCUT2D eigenvalue weighted by Crippen LogP contribution is -2.41. The third-order valence-corrected chi connectivity index (χ3v) is 7.12. The van der Waals surface area contributed by atoms with Crippen molar-refractivity contribution in [3.05, 3.63) is 83.2 Å². The van der Waals surface area contributed by atoms with Crippen LogP contribution in [0.3, 0.4) is 0 Å². The maximum Gasteiger partial charge on any atom is 0.416 e. The molecule has 0 saturated carbocycles. The Morgan fingerprint density at radius 2 is 1.71 bits per heavy atom. The highest BCUT2D eigenvalue weighted by atomic mass is 19.4. The van der Waals surface area contributed by atoms with Crippen molar-refractivity contribution in [1.82, 2.24) is 20.4 Å². The molecule has 1 aliphatic heterocycles. The van der Waals surface area contributed by atoms with Crippen LogP contribution in [-0.2, 0) is 30.5 Å². The lowest BCUT2D eigenvalue weighted by molar-refractivity contribution is -0.138. The predicted molar refractivity (Wildman–Crippen MR) is 141 cm³/mol. The number of hydrogen-bond acceptors (Lipinski definition) is 9. The van der Waals surface area contributed by atoms with Gasteiger partial charge in [-0.25, -0.2) is 0 Å². The van der Waals surface area contributed by atoms with E-state index in [4.69, 9.17) is 13.9 Å². The van der Waals surface area contributed by atoms with E-state index in [9.17, 15) is 18.4 Å². The highest BCUT2D eigenvalue weighted by Crippen LogP contribution is 2.40. The Bertz CT molecular complexity index is 1490. The fourth-order valence-corrected chi connectivity index (χ4v) is 4.81. The lowest BCUT2D eigenvalue weighted by Gasteiger charge is -2.38. The van der Waals surface area contributed by atoms with E-state index in [1.54, 1.807) is 25.3 Å². The second kappa shape index (κ2) is 11.9. The summed E-state index contributed by atoms with van der Waals surface area (Å²) in [5.41, 5.74) is -0.0609. The smallest absolute Gasteiger partial charge is 0.416 e. The number of benzene rings is 2. The molecule has 3 heterocycles. The van der Waals surface area contributed by atoms with Crippen LogP contribution in [0.1, 0.15) is 35.4 Å². The third-order valence-electron chi connectivity index (χ3n) is 7.12. The summed E-state index contributed by atoms with van der Waals surface area (Å²) in [6.45, 7) is 1.43. The molecule has 0 unspecified atom stereocenters. The highest BCUT2D eigenvalue weighted by molar-refractivity contribution is 5.49. The number of rotatable bonds is 9. The number of anilines is 1. The highest BCUT2D eigenvalue weighted by Gasteiger charge is 2.39. The Kier molecular flexibility index (Phi) is 8.16. The van der Waals surface area contributed by atoms with Gasteiger partial charge in [-0.1, -0.05) is 30.3 Å². The molecule has 2 aromatic carbocycles. The summed E-state index contributed by atoms with van der Waals surface area (Å²) in [6, 6.07) is 18.8. The molecule has 0 radical (unpaired) electrons. The van der Waals surface area contributed by atoms with E-state index in [0.29, 0.717) is 49.9 Å². The molecule has 0 N–H and O–H groups in total. The van der Waals surface area contributed by atoms with Crippen molar-refractivity contribution >= 4 is 5.82 Å². The first-order chi connectivity index (χ1) is 19.8. The zero-order valence-electron chi connectivity index (χ0n) is 22.3. The average molecular weight is 565 g/mol. The summed E-state index contributed by atoms with van der Waals surface area (Å²) in [5, 5.41) is 26.5. The van der Waals surface area contributed by atoms with Crippen molar-refractivity contribution in [2.45, 2.75) is 38.7 Å². The van der Waals surface area contributed by atoms with Crippen molar-refractivity contribution in [1.29, 1.82) is 5.26 Å². The van der Waals surface area contributed by atoms with E-state index in [1.165, 1.54) is 12.1 Å². The summed E-state index contributed by atoms with van der Waals surface area (Å²) in [5.74, 6) is 1.87. The van der Waals surface area contributed by atoms with E-state index in [2.05, 4.69) is 26.5 Å². The number of aromatic nitrogens is 4. The zero-order chi connectivity index (χ0) is 28.9. The van der Waals surface area contributed by atoms with Crippen LogP contribution in [0.15, 0.2) is 65.1 Å². The third kappa shape index (κ3) is 6.63. The van der Waals surface area contributed by atoms with Gasteiger partial charge in [0.05, 0.1) is 30.8 Å². The molecule has 0 bridgehead atoms. The van der Waals surface area contributed by atoms with Gasteiger partial charge < -0.3 is 18.8 Å². The van der Waals surface area contributed by atoms with E-state index >= 15 is 0 Å². The first-order valence-corrected chi connectivity index (χ1v) is 13.0. The number of halogens is 3. The van der Waals surface area contributed by atoms with Crippen molar-refractivity contribution < 1.29 is 27.1 Å². The van der Waals surface area contributed by atoms with Gasteiger partial charge in [0.2, 0.25) is 5.89 Å². The number of hydrogen-bond donors (Lipinski definition) is 0. The monoisotopic (exact) mass is 564 g/mol. The fraction of sp³-hybridized carbons (Fsp3) is 0.345. The first kappa shape index (κ1) is 28.0. The molecular formula is C29H27F3N6O3. The van der Waals surface area contributed by atoms with E-state index < -0.39 is 17.2 Å². The van der Waals surface area contributed by atoms with Crippen LogP contribution >= 0.6 is 0 Å². The van der Waals surface area contributed by atoms with Gasteiger partial charge in [0.15, 0.2) is 5.82 Å². The molecule has 1 aliphatic rings. The molecule has 0 aliphatic carbocycles. The normalized spacial score (nSPS) is 15.0. The van der Waals surface area contributed by atoms with Gasteiger partial charge in [0, 0.05) is 13.1 Å². The minimum Gasteiger partial charge on any atom is -0.497 e. The molecule has 9 nitrogen and oxygen atoms in total.